The summed E-state index contributed by atoms with van der Waals surface area (Å²) in [6.45, 7) is 1.86. The fraction of sp³-hybridized carbons (Fsp3) is 0.176. The molecule has 2 heterocycles. The maximum atomic E-state index is 12.3. The van der Waals surface area contributed by atoms with E-state index in [0.29, 0.717) is 21.2 Å². The van der Waals surface area contributed by atoms with Crippen LogP contribution in [0.15, 0.2) is 34.0 Å². The predicted octanol–water partition coefficient (Wildman–Crippen LogP) is 4.75. The number of carbonyl (C=O) groups excluding carboxylic acids is 2. The van der Waals surface area contributed by atoms with E-state index in [1.54, 1.807) is 12.1 Å². The number of aromatic nitrogens is 2. The highest BCUT2D eigenvalue weighted by Crippen LogP contribution is 2.36. The van der Waals surface area contributed by atoms with Crippen LogP contribution in [0.3, 0.4) is 0 Å². The fourth-order valence-corrected chi connectivity index (χ4v) is 4.94. The average molecular weight is 440 g/mol. The van der Waals surface area contributed by atoms with Gasteiger partial charge in [0.1, 0.15) is 15.6 Å². The molecule has 0 bridgehead atoms. The lowest BCUT2D eigenvalue weighted by Crippen LogP contribution is -2.16. The number of methoxy groups -OCH3 is 1. The van der Waals surface area contributed by atoms with Gasteiger partial charge in [-0.25, -0.2) is 4.79 Å². The fourth-order valence-electron chi connectivity index (χ4n) is 2.22. The molecule has 0 spiro atoms. The molecule has 6 nitrogen and oxygen atoms in total. The minimum absolute atomic E-state index is 0.170. The van der Waals surface area contributed by atoms with Crippen molar-refractivity contribution in [3.63, 3.8) is 0 Å². The molecule has 0 radical (unpaired) electrons. The van der Waals surface area contributed by atoms with Gasteiger partial charge in [-0.05, 0) is 24.6 Å². The summed E-state index contributed by atoms with van der Waals surface area (Å²) in [5, 5.41) is 14.4. The van der Waals surface area contributed by atoms with Gasteiger partial charge in [-0.1, -0.05) is 46.8 Å². The van der Waals surface area contributed by atoms with Gasteiger partial charge in [0.2, 0.25) is 5.91 Å². The molecule has 10 heteroatoms. The molecular formula is C17H14ClN3O3S3. The maximum Gasteiger partial charge on any atom is 0.341 e. The minimum atomic E-state index is -0.510. The molecule has 140 valence electrons. The van der Waals surface area contributed by atoms with Gasteiger partial charge in [0.15, 0.2) is 4.34 Å². The summed E-state index contributed by atoms with van der Waals surface area (Å²) in [7, 11) is 1.31. The molecule has 0 saturated heterocycles. The standard InChI is InChI=1S/C17H14ClN3O3S3/c1-9-20-21-17(27-9)26-8-13(22)19-15-14(16(23)24-2)12(7-25-15)10-3-5-11(18)6-4-10/h3-7H,8H2,1-2H3,(H,19,22). The van der Waals surface area contributed by atoms with Crippen molar-refractivity contribution >= 4 is 62.9 Å². The first kappa shape index (κ1) is 19.8. The molecule has 1 N–H and O–H groups in total. The van der Waals surface area contributed by atoms with Gasteiger partial charge in [-0.2, -0.15) is 0 Å². The quantitative estimate of drug-likeness (QED) is 0.441. The number of hydrogen-bond acceptors (Lipinski definition) is 8. The van der Waals surface area contributed by atoms with E-state index in [9.17, 15) is 9.59 Å². The monoisotopic (exact) mass is 439 g/mol. The van der Waals surface area contributed by atoms with Crippen molar-refractivity contribution < 1.29 is 14.3 Å². The molecular weight excluding hydrogens is 426 g/mol. The number of amides is 1. The number of hydrogen-bond donors (Lipinski definition) is 1. The van der Waals surface area contributed by atoms with Crippen LogP contribution in [0.2, 0.25) is 5.02 Å². The van der Waals surface area contributed by atoms with Crippen molar-refractivity contribution in [2.75, 3.05) is 18.2 Å². The third-order valence-corrected chi connectivity index (χ3v) is 6.54. The molecule has 0 aliphatic heterocycles. The Morgan fingerprint density at radius 3 is 2.63 bits per heavy atom. The Kier molecular flexibility index (Phi) is 6.48. The zero-order valence-electron chi connectivity index (χ0n) is 14.3. The molecule has 2 aromatic heterocycles. The van der Waals surface area contributed by atoms with Crippen molar-refractivity contribution in [2.45, 2.75) is 11.3 Å². The number of ether oxygens (including phenoxy) is 1. The first-order chi connectivity index (χ1) is 13.0. The van der Waals surface area contributed by atoms with Gasteiger partial charge in [0.25, 0.3) is 0 Å². The number of aryl methyl sites for hydroxylation is 1. The molecule has 0 aliphatic carbocycles. The number of benzene rings is 1. The van der Waals surface area contributed by atoms with Gasteiger partial charge in [0, 0.05) is 16.0 Å². The summed E-state index contributed by atoms with van der Waals surface area (Å²) in [4.78, 5) is 24.6. The molecule has 0 aliphatic rings. The van der Waals surface area contributed by atoms with Crippen LogP contribution in [0, 0.1) is 6.92 Å². The number of nitrogens with zero attached hydrogens (tertiary/aromatic N) is 2. The second-order valence-corrected chi connectivity index (χ2v) is 9.00. The Bertz CT molecular complexity index is 969. The zero-order chi connectivity index (χ0) is 19.4. The second-order valence-electron chi connectivity index (χ2n) is 5.28. The van der Waals surface area contributed by atoms with Crippen molar-refractivity contribution in [2.24, 2.45) is 0 Å². The number of carbonyl (C=O) groups is 2. The second kappa shape index (κ2) is 8.83. The topological polar surface area (TPSA) is 81.2 Å². The Hall–Kier alpha value is -1.94. The van der Waals surface area contributed by atoms with Crippen LogP contribution in [-0.2, 0) is 9.53 Å². The lowest BCUT2D eigenvalue weighted by Gasteiger charge is -2.07. The molecule has 3 aromatic rings. The first-order valence-corrected chi connectivity index (χ1v) is 10.7. The lowest BCUT2D eigenvalue weighted by atomic mass is 10.0. The van der Waals surface area contributed by atoms with E-state index >= 15 is 0 Å². The van der Waals surface area contributed by atoms with Gasteiger partial charge in [-0.15, -0.1) is 21.5 Å². The van der Waals surface area contributed by atoms with Crippen LogP contribution in [0.4, 0.5) is 5.00 Å². The number of halogens is 1. The minimum Gasteiger partial charge on any atom is -0.465 e. The van der Waals surface area contributed by atoms with Crippen LogP contribution < -0.4 is 5.32 Å². The van der Waals surface area contributed by atoms with Crippen LogP contribution in [0.5, 0.6) is 0 Å². The van der Waals surface area contributed by atoms with Crippen LogP contribution in [0.1, 0.15) is 15.4 Å². The van der Waals surface area contributed by atoms with Crippen LogP contribution in [0.25, 0.3) is 11.1 Å². The molecule has 0 saturated carbocycles. The van der Waals surface area contributed by atoms with E-state index < -0.39 is 5.97 Å². The van der Waals surface area contributed by atoms with E-state index in [1.807, 2.05) is 24.4 Å². The Morgan fingerprint density at radius 2 is 2.00 bits per heavy atom. The third kappa shape index (κ3) is 4.86. The highest BCUT2D eigenvalue weighted by Gasteiger charge is 2.22. The van der Waals surface area contributed by atoms with E-state index in [-0.39, 0.29) is 11.7 Å². The van der Waals surface area contributed by atoms with E-state index in [4.69, 9.17) is 16.3 Å². The van der Waals surface area contributed by atoms with Gasteiger partial charge in [0.05, 0.1) is 12.9 Å². The molecule has 0 unspecified atom stereocenters. The maximum absolute atomic E-state index is 12.3. The Labute approximate surface area is 172 Å². The van der Waals surface area contributed by atoms with E-state index in [0.717, 1.165) is 14.9 Å². The van der Waals surface area contributed by atoms with E-state index in [1.165, 1.54) is 41.5 Å². The van der Waals surface area contributed by atoms with Crippen LogP contribution >= 0.6 is 46.0 Å². The first-order valence-electron chi connectivity index (χ1n) is 7.66. The SMILES string of the molecule is COC(=O)c1c(-c2ccc(Cl)cc2)csc1NC(=O)CSc1nnc(C)s1. The number of rotatable bonds is 6. The zero-order valence-corrected chi connectivity index (χ0v) is 17.5. The molecule has 27 heavy (non-hydrogen) atoms. The van der Waals surface area contributed by atoms with Gasteiger partial charge >= 0.3 is 5.97 Å². The normalized spacial score (nSPS) is 10.6. The van der Waals surface area contributed by atoms with Crippen molar-refractivity contribution in [3.8, 4) is 11.1 Å². The van der Waals surface area contributed by atoms with Crippen LogP contribution in [-0.4, -0.2) is 34.9 Å². The molecule has 0 atom stereocenters. The summed E-state index contributed by atoms with van der Waals surface area (Å²) in [5.41, 5.74) is 1.83. The number of thiophene rings is 1. The van der Waals surface area contributed by atoms with Gasteiger partial charge in [-0.3, -0.25) is 4.79 Å². The molecule has 1 amide bonds. The Morgan fingerprint density at radius 1 is 1.26 bits per heavy atom. The lowest BCUT2D eigenvalue weighted by molar-refractivity contribution is -0.113. The smallest absolute Gasteiger partial charge is 0.341 e. The molecule has 3 rings (SSSR count). The third-order valence-electron chi connectivity index (χ3n) is 3.42. The summed E-state index contributed by atoms with van der Waals surface area (Å²) >= 11 is 9.93. The number of nitrogens with one attached hydrogen (secondary N) is 1. The van der Waals surface area contributed by atoms with Crippen molar-refractivity contribution in [3.05, 3.63) is 45.2 Å². The van der Waals surface area contributed by atoms with Gasteiger partial charge < -0.3 is 10.1 Å². The predicted molar refractivity (Wildman–Crippen MR) is 110 cm³/mol. The Balaban J connectivity index is 1.79. The summed E-state index contributed by atoms with van der Waals surface area (Å²) in [5.74, 6) is -0.574. The highest BCUT2D eigenvalue weighted by molar-refractivity contribution is 8.01. The molecule has 0 fully saturated rings. The van der Waals surface area contributed by atoms with E-state index in [2.05, 4.69) is 15.5 Å². The summed E-state index contributed by atoms with van der Waals surface area (Å²) in [6.07, 6.45) is 0. The highest BCUT2D eigenvalue weighted by atomic mass is 35.5. The number of esters is 1. The average Bonchev–Trinajstić information content (AvgIpc) is 3.26. The summed E-state index contributed by atoms with van der Waals surface area (Å²) in [6, 6.07) is 7.12. The largest absolute Gasteiger partial charge is 0.465 e. The number of anilines is 1. The van der Waals surface area contributed by atoms with Crippen molar-refractivity contribution in [1.29, 1.82) is 0 Å². The van der Waals surface area contributed by atoms with Crippen molar-refractivity contribution in [1.82, 2.24) is 10.2 Å². The summed E-state index contributed by atoms with van der Waals surface area (Å²) < 4.78 is 5.63. The molecule has 1 aromatic carbocycles. The number of thioether (sulfide) groups is 1.